The average molecular weight is 651 g/mol. The number of benzene rings is 4. The molecule has 222 valence electrons. The maximum Gasteiger partial charge on any atom is 0.311 e. The molecule has 0 aliphatic carbocycles. The summed E-state index contributed by atoms with van der Waals surface area (Å²) >= 11 is 2.91. The van der Waals surface area contributed by atoms with Crippen LogP contribution in [0.1, 0.15) is 47.0 Å². The van der Waals surface area contributed by atoms with Gasteiger partial charge in [0.05, 0.1) is 24.8 Å². The van der Waals surface area contributed by atoms with Crippen molar-refractivity contribution in [2.24, 2.45) is 5.41 Å². The van der Waals surface area contributed by atoms with E-state index in [1.54, 1.807) is 0 Å². The number of rotatable bonds is 13. The predicted molar refractivity (Wildman–Crippen MR) is 181 cm³/mol. The van der Waals surface area contributed by atoms with Crippen LogP contribution in [-0.4, -0.2) is 25.3 Å². The molecule has 0 spiro atoms. The predicted octanol–water partition coefficient (Wildman–Crippen LogP) is 8.51. The van der Waals surface area contributed by atoms with E-state index in [2.05, 4.69) is 114 Å². The first kappa shape index (κ1) is 33.4. The van der Waals surface area contributed by atoms with Crippen molar-refractivity contribution in [1.82, 2.24) is 0 Å². The monoisotopic (exact) mass is 649 g/mol. The van der Waals surface area contributed by atoms with Gasteiger partial charge in [-0.2, -0.15) is 0 Å². The third kappa shape index (κ3) is 9.18. The van der Waals surface area contributed by atoms with Crippen LogP contribution in [0.4, 0.5) is 0 Å². The fraction of sp³-hybridized carbons (Fsp3) is 0.306. The molecule has 4 aromatic rings. The van der Waals surface area contributed by atoms with E-state index < -0.39 is 12.7 Å². The first-order chi connectivity index (χ1) is 20.4. The lowest BCUT2D eigenvalue weighted by Gasteiger charge is -2.27. The molecule has 0 atom stereocenters. The summed E-state index contributed by atoms with van der Waals surface area (Å²) in [5, 5.41) is 4.44. The molecule has 6 heteroatoms. The molecule has 0 amide bonds. The second kappa shape index (κ2) is 17.1. The van der Waals surface area contributed by atoms with Gasteiger partial charge in [-0.1, -0.05) is 61.5 Å². The lowest BCUT2D eigenvalue weighted by molar-refractivity contribution is -0.153. The van der Waals surface area contributed by atoms with Gasteiger partial charge in [-0.3, -0.25) is 4.79 Å². The fourth-order valence-corrected chi connectivity index (χ4v) is 9.54. The van der Waals surface area contributed by atoms with Gasteiger partial charge in [0.1, 0.15) is 34.7 Å². The lowest BCUT2D eigenvalue weighted by atomic mass is 9.88. The van der Waals surface area contributed by atoms with Crippen molar-refractivity contribution in [2.45, 2.75) is 47.0 Å². The van der Waals surface area contributed by atoms with Crippen LogP contribution in [0.5, 0.6) is 11.5 Å². The molecular formula is C36H43BrO4P+. The Hall–Kier alpha value is -3.14. The van der Waals surface area contributed by atoms with Gasteiger partial charge in [0.25, 0.3) is 0 Å². The van der Waals surface area contributed by atoms with Crippen LogP contribution in [0.25, 0.3) is 0 Å². The number of halogens is 1. The highest BCUT2D eigenvalue weighted by atomic mass is 79.9. The van der Waals surface area contributed by atoms with Crippen LogP contribution in [0.15, 0.2) is 115 Å². The fourth-order valence-electron chi connectivity index (χ4n) is 4.94. The van der Waals surface area contributed by atoms with Crippen molar-refractivity contribution in [2.75, 3.05) is 19.4 Å². The van der Waals surface area contributed by atoms with Crippen molar-refractivity contribution in [3.63, 3.8) is 0 Å². The average Bonchev–Trinajstić information content (AvgIpc) is 3.04. The van der Waals surface area contributed by atoms with Gasteiger partial charge < -0.3 is 13.3 Å². The van der Waals surface area contributed by atoms with Gasteiger partial charge >= 0.3 is 5.97 Å². The van der Waals surface area contributed by atoms with Crippen LogP contribution in [0.3, 0.4) is 0 Å². The van der Waals surface area contributed by atoms with Gasteiger partial charge in [0.15, 0.2) is 16.3 Å². The smallest absolute Gasteiger partial charge is 0.311 e. The number of carbonyl (C=O) groups is 1. The van der Waals surface area contributed by atoms with Crippen molar-refractivity contribution in [1.29, 1.82) is 0 Å². The Morgan fingerprint density at radius 1 is 0.714 bits per heavy atom. The summed E-state index contributed by atoms with van der Waals surface area (Å²) in [5.74, 6) is 1.35. The number of carbonyl (C=O) groups excluding carboxylic acids is 1. The Morgan fingerprint density at radius 2 is 1.17 bits per heavy atom. The first-order valence-electron chi connectivity index (χ1n) is 14.6. The highest BCUT2D eigenvalue weighted by Crippen LogP contribution is 2.55. The third-order valence-corrected chi connectivity index (χ3v) is 12.1. The Morgan fingerprint density at radius 3 is 1.57 bits per heavy atom. The molecular weight excluding hydrogens is 607 g/mol. The summed E-state index contributed by atoms with van der Waals surface area (Å²) in [6.45, 7) is 8.89. The summed E-state index contributed by atoms with van der Waals surface area (Å²) in [5.41, 5.74) is -0.465. The first-order valence-corrected chi connectivity index (χ1v) is 17.2. The highest BCUT2D eigenvalue weighted by molar-refractivity contribution is 9.06. The molecule has 4 rings (SSSR count). The Labute approximate surface area is 261 Å². The Bertz CT molecular complexity index is 1220. The summed E-state index contributed by atoms with van der Waals surface area (Å²) in [6.07, 6.45) is 3.93. The van der Waals surface area contributed by atoms with Crippen LogP contribution in [0.2, 0.25) is 0 Å². The molecule has 0 aliphatic heterocycles. The van der Waals surface area contributed by atoms with Gasteiger partial charge in [-0.05, 0) is 101 Å². The molecule has 0 saturated carbocycles. The number of hydrogen-bond donors (Lipinski definition) is 0. The van der Waals surface area contributed by atoms with Gasteiger partial charge in [0, 0.05) is 0 Å². The maximum absolute atomic E-state index is 11.7. The molecule has 4 nitrogen and oxygen atoms in total. The van der Waals surface area contributed by atoms with Crippen LogP contribution >= 0.6 is 23.5 Å². The zero-order chi connectivity index (χ0) is 30.3. The Kier molecular flexibility index (Phi) is 13.6. The molecule has 0 bridgehead atoms. The van der Waals surface area contributed by atoms with Gasteiger partial charge in [0.2, 0.25) is 0 Å². The van der Waals surface area contributed by atoms with Crippen LogP contribution in [0, 0.1) is 5.41 Å². The summed E-state index contributed by atoms with van der Waals surface area (Å²) in [6, 6.07) is 40.5. The van der Waals surface area contributed by atoms with E-state index in [0.717, 1.165) is 24.3 Å². The largest absolute Gasteiger partial charge is 0.494 e. The number of ether oxygens (including phenoxy) is 2. The molecule has 0 unspecified atom stereocenters. The van der Waals surface area contributed by atoms with E-state index >= 15 is 0 Å². The molecule has 0 aliphatic rings. The molecule has 0 aromatic heterocycles. The SMILES string of the molecule is CCC[P+](c1ccccc1)(c1ccccc1)c1ccccc1.CCOC(=O)C(C)(C)CCCOc1ccc(OBr)cc1. The summed E-state index contributed by atoms with van der Waals surface area (Å²) in [7, 11) is -1.55. The van der Waals surface area contributed by atoms with Crippen molar-refractivity contribution >= 4 is 45.4 Å². The molecule has 4 aromatic carbocycles. The van der Waals surface area contributed by atoms with E-state index in [4.69, 9.17) is 13.3 Å². The van der Waals surface area contributed by atoms with Crippen molar-refractivity contribution in [3.05, 3.63) is 115 Å². The number of hydrogen-bond acceptors (Lipinski definition) is 4. The molecule has 0 saturated heterocycles. The highest BCUT2D eigenvalue weighted by Gasteiger charge is 2.44. The molecule has 0 fully saturated rings. The van der Waals surface area contributed by atoms with Crippen molar-refractivity contribution in [3.8, 4) is 11.5 Å². The number of esters is 1. The van der Waals surface area contributed by atoms with Gasteiger partial charge in [-0.15, -0.1) is 0 Å². The van der Waals surface area contributed by atoms with Crippen LogP contribution in [-0.2, 0) is 9.53 Å². The maximum atomic E-state index is 11.7. The molecule has 0 heterocycles. The summed E-state index contributed by atoms with van der Waals surface area (Å²) in [4.78, 5) is 11.7. The summed E-state index contributed by atoms with van der Waals surface area (Å²) < 4.78 is 15.6. The molecule has 0 radical (unpaired) electrons. The minimum absolute atomic E-state index is 0.154. The minimum atomic E-state index is -1.55. The topological polar surface area (TPSA) is 44.8 Å². The third-order valence-electron chi connectivity index (χ3n) is 7.11. The van der Waals surface area contributed by atoms with Crippen LogP contribution < -0.4 is 24.5 Å². The quantitative estimate of drug-likeness (QED) is 0.0827. The normalized spacial score (nSPS) is 11.2. The second-order valence-corrected chi connectivity index (χ2v) is 14.6. The van der Waals surface area contributed by atoms with E-state index in [0.29, 0.717) is 13.2 Å². The second-order valence-electron chi connectivity index (χ2n) is 10.6. The van der Waals surface area contributed by atoms with E-state index in [9.17, 15) is 4.79 Å². The van der Waals surface area contributed by atoms with E-state index in [1.165, 1.54) is 28.5 Å². The van der Waals surface area contributed by atoms with E-state index in [-0.39, 0.29) is 5.97 Å². The Balaban J connectivity index is 0.000000232. The minimum Gasteiger partial charge on any atom is -0.494 e. The molecule has 42 heavy (non-hydrogen) atoms. The zero-order valence-electron chi connectivity index (χ0n) is 25.2. The zero-order valence-corrected chi connectivity index (χ0v) is 27.7. The van der Waals surface area contributed by atoms with E-state index in [1.807, 2.05) is 45.0 Å². The lowest BCUT2D eigenvalue weighted by Crippen LogP contribution is -2.33. The van der Waals surface area contributed by atoms with Crippen molar-refractivity contribution < 1.29 is 18.1 Å². The standard InChI is InChI=1S/C21H22P.C15H21BrO4/c1-2-18-22(19-12-6-3-7-13-19,20-14-8-4-9-15-20)21-16-10-5-11-17-21;1-4-18-14(17)15(2,3)10-5-11-19-12-6-8-13(20-16)9-7-12/h3-17H,2,18H2,1H3;6-9H,4-5,10-11H2,1-3H3/q+1;. The van der Waals surface area contributed by atoms with Gasteiger partial charge in [-0.25, -0.2) is 0 Å². The molecule has 0 N–H and O–H groups in total.